The number of nitrogens with zero attached hydrogens (tertiary/aromatic N) is 2. The molecule has 174 valence electrons. The van der Waals surface area contributed by atoms with E-state index in [0.717, 1.165) is 16.0 Å². The van der Waals surface area contributed by atoms with Gasteiger partial charge in [0.15, 0.2) is 0 Å². The van der Waals surface area contributed by atoms with Gasteiger partial charge in [0.2, 0.25) is 5.91 Å². The molecule has 0 saturated carbocycles. The molecule has 33 heavy (non-hydrogen) atoms. The van der Waals surface area contributed by atoms with Crippen molar-refractivity contribution in [3.8, 4) is 0 Å². The lowest BCUT2D eigenvalue weighted by atomic mass is 10.2. The van der Waals surface area contributed by atoms with Gasteiger partial charge in [-0.2, -0.15) is 0 Å². The van der Waals surface area contributed by atoms with Crippen molar-refractivity contribution in [2.75, 3.05) is 32.1 Å². The topological polar surface area (TPSA) is 61.9 Å². The van der Waals surface area contributed by atoms with Crippen LogP contribution in [0.15, 0.2) is 66.0 Å². The standard InChI is InChI=1S/C26H31N3O3S/c1-20-8-7-11-23(16-20)27-26(31)28(13-14-32-3)19-25(30)29(17-22-9-5-4-6-10-22)18-24-21(2)12-15-33-24/h4-12,15-16H,13-14,17-19H2,1-3H3,(H,27,31). The number of methoxy groups -OCH3 is 1. The van der Waals surface area contributed by atoms with Crippen LogP contribution >= 0.6 is 11.3 Å². The molecule has 2 aromatic carbocycles. The Kier molecular flexibility index (Phi) is 9.04. The van der Waals surface area contributed by atoms with Crippen molar-refractivity contribution >= 4 is 29.0 Å². The van der Waals surface area contributed by atoms with Crippen molar-refractivity contribution in [1.29, 1.82) is 0 Å². The minimum atomic E-state index is -0.321. The van der Waals surface area contributed by atoms with E-state index in [9.17, 15) is 9.59 Å². The molecule has 1 heterocycles. The molecule has 0 spiro atoms. The number of carbonyl (C=O) groups excluding carboxylic acids is 2. The predicted molar refractivity (Wildman–Crippen MR) is 133 cm³/mol. The van der Waals surface area contributed by atoms with Crippen molar-refractivity contribution in [1.82, 2.24) is 9.80 Å². The molecule has 0 unspecified atom stereocenters. The third-order valence-electron chi connectivity index (χ3n) is 5.32. The maximum Gasteiger partial charge on any atom is 0.322 e. The highest BCUT2D eigenvalue weighted by atomic mass is 32.1. The van der Waals surface area contributed by atoms with Gasteiger partial charge in [-0.05, 0) is 54.1 Å². The van der Waals surface area contributed by atoms with Crippen LogP contribution in [0.2, 0.25) is 0 Å². The molecule has 6 nitrogen and oxygen atoms in total. The number of aryl methyl sites for hydroxylation is 2. The van der Waals surface area contributed by atoms with E-state index in [1.165, 1.54) is 10.5 Å². The number of hydrogen-bond donors (Lipinski definition) is 1. The lowest BCUT2D eigenvalue weighted by molar-refractivity contribution is -0.133. The Bertz CT molecular complexity index is 1050. The molecule has 3 rings (SSSR count). The molecule has 0 saturated heterocycles. The Labute approximate surface area is 199 Å². The fourth-order valence-electron chi connectivity index (χ4n) is 3.42. The Morgan fingerprint density at radius 1 is 0.970 bits per heavy atom. The Hall–Kier alpha value is -3.16. The first-order valence-corrected chi connectivity index (χ1v) is 11.8. The number of anilines is 1. The molecule has 0 radical (unpaired) electrons. The number of benzene rings is 2. The van der Waals surface area contributed by atoms with E-state index >= 15 is 0 Å². The Morgan fingerprint density at radius 2 is 1.76 bits per heavy atom. The number of nitrogens with one attached hydrogen (secondary N) is 1. The molecule has 0 atom stereocenters. The summed E-state index contributed by atoms with van der Waals surface area (Å²) in [5, 5.41) is 4.94. The number of hydrogen-bond acceptors (Lipinski definition) is 4. The van der Waals surface area contributed by atoms with Gasteiger partial charge < -0.3 is 19.9 Å². The summed E-state index contributed by atoms with van der Waals surface area (Å²) in [6, 6.07) is 19.2. The fraction of sp³-hybridized carbons (Fsp3) is 0.308. The van der Waals surface area contributed by atoms with Crippen LogP contribution in [-0.2, 0) is 22.6 Å². The molecule has 0 aliphatic rings. The maximum absolute atomic E-state index is 13.4. The van der Waals surface area contributed by atoms with Crippen molar-refractivity contribution in [2.24, 2.45) is 0 Å². The summed E-state index contributed by atoms with van der Waals surface area (Å²) in [7, 11) is 1.58. The second kappa shape index (κ2) is 12.2. The lowest BCUT2D eigenvalue weighted by Gasteiger charge is -2.28. The van der Waals surface area contributed by atoms with E-state index < -0.39 is 0 Å². The molecule has 0 bridgehead atoms. The average molecular weight is 466 g/mol. The smallest absolute Gasteiger partial charge is 0.322 e. The lowest BCUT2D eigenvalue weighted by Crippen LogP contribution is -2.45. The van der Waals surface area contributed by atoms with E-state index in [0.29, 0.717) is 31.9 Å². The first-order valence-electron chi connectivity index (χ1n) is 10.9. The molecular formula is C26H31N3O3S. The molecule has 0 aliphatic heterocycles. The summed E-state index contributed by atoms with van der Waals surface area (Å²) in [5.74, 6) is -0.109. The highest BCUT2D eigenvalue weighted by Crippen LogP contribution is 2.20. The van der Waals surface area contributed by atoms with Gasteiger partial charge in [0.05, 0.1) is 13.2 Å². The van der Waals surface area contributed by atoms with E-state index in [2.05, 4.69) is 18.3 Å². The Morgan fingerprint density at radius 3 is 2.42 bits per heavy atom. The van der Waals surface area contributed by atoms with Crippen LogP contribution in [0, 0.1) is 13.8 Å². The van der Waals surface area contributed by atoms with Gasteiger partial charge in [0.1, 0.15) is 6.54 Å². The monoisotopic (exact) mass is 465 g/mol. The second-order valence-electron chi connectivity index (χ2n) is 7.98. The van der Waals surface area contributed by atoms with Crippen molar-refractivity contribution in [2.45, 2.75) is 26.9 Å². The molecular weight excluding hydrogens is 434 g/mol. The van der Waals surface area contributed by atoms with E-state index in [1.807, 2.05) is 71.8 Å². The summed E-state index contributed by atoms with van der Waals surface area (Å²) in [6.07, 6.45) is 0. The van der Waals surface area contributed by atoms with Gasteiger partial charge in [-0.1, -0.05) is 42.5 Å². The summed E-state index contributed by atoms with van der Waals surface area (Å²) >= 11 is 1.64. The highest BCUT2D eigenvalue weighted by molar-refractivity contribution is 7.10. The molecule has 1 N–H and O–H groups in total. The molecule has 0 fully saturated rings. The summed E-state index contributed by atoms with van der Waals surface area (Å²) in [6.45, 7) is 5.64. The van der Waals surface area contributed by atoms with Crippen molar-refractivity contribution in [3.05, 3.63) is 87.6 Å². The molecule has 7 heteroatoms. The molecule has 3 amide bonds. The van der Waals surface area contributed by atoms with Crippen LogP contribution in [0.25, 0.3) is 0 Å². The van der Waals surface area contributed by atoms with Gasteiger partial charge >= 0.3 is 6.03 Å². The first-order chi connectivity index (χ1) is 16.0. The van der Waals surface area contributed by atoms with Crippen molar-refractivity contribution in [3.63, 3.8) is 0 Å². The van der Waals surface area contributed by atoms with Crippen molar-refractivity contribution < 1.29 is 14.3 Å². The van der Waals surface area contributed by atoms with E-state index in [1.54, 1.807) is 18.4 Å². The van der Waals surface area contributed by atoms with Crippen LogP contribution in [0.5, 0.6) is 0 Å². The minimum absolute atomic E-state index is 0.0295. The van der Waals surface area contributed by atoms with Crippen LogP contribution < -0.4 is 5.32 Å². The maximum atomic E-state index is 13.4. The van der Waals surface area contributed by atoms with Gasteiger partial charge in [0, 0.05) is 30.8 Å². The number of urea groups is 1. The summed E-state index contributed by atoms with van der Waals surface area (Å²) in [5.41, 5.74) is 3.96. The highest BCUT2D eigenvalue weighted by Gasteiger charge is 2.22. The zero-order valence-electron chi connectivity index (χ0n) is 19.4. The zero-order chi connectivity index (χ0) is 23.6. The van der Waals surface area contributed by atoms with Gasteiger partial charge in [0.25, 0.3) is 0 Å². The number of thiophene rings is 1. The number of carbonyl (C=O) groups is 2. The second-order valence-corrected chi connectivity index (χ2v) is 8.98. The fourth-order valence-corrected chi connectivity index (χ4v) is 4.34. The predicted octanol–water partition coefficient (Wildman–Crippen LogP) is 5.07. The average Bonchev–Trinajstić information content (AvgIpc) is 3.21. The number of amides is 3. The van der Waals surface area contributed by atoms with E-state index in [4.69, 9.17) is 4.74 Å². The summed E-state index contributed by atoms with van der Waals surface area (Å²) < 4.78 is 5.19. The number of rotatable bonds is 10. The molecule has 3 aromatic rings. The third kappa shape index (κ3) is 7.44. The minimum Gasteiger partial charge on any atom is -0.383 e. The van der Waals surface area contributed by atoms with Crippen LogP contribution in [0.3, 0.4) is 0 Å². The Balaban J connectivity index is 1.76. The molecule has 1 aromatic heterocycles. The van der Waals surface area contributed by atoms with Gasteiger partial charge in [-0.25, -0.2) is 4.79 Å². The van der Waals surface area contributed by atoms with Crippen LogP contribution in [0.4, 0.5) is 10.5 Å². The summed E-state index contributed by atoms with van der Waals surface area (Å²) in [4.78, 5) is 30.9. The first kappa shape index (κ1) is 24.5. The van der Waals surface area contributed by atoms with Gasteiger partial charge in [-0.3, -0.25) is 4.79 Å². The quantitative estimate of drug-likeness (QED) is 0.455. The normalized spacial score (nSPS) is 10.6. The largest absolute Gasteiger partial charge is 0.383 e. The van der Waals surface area contributed by atoms with Crippen LogP contribution in [0.1, 0.15) is 21.6 Å². The van der Waals surface area contributed by atoms with Crippen LogP contribution in [-0.4, -0.2) is 48.5 Å². The SMILES string of the molecule is COCCN(CC(=O)N(Cc1ccccc1)Cc1sccc1C)C(=O)Nc1cccc(C)c1. The number of ether oxygens (including phenoxy) is 1. The van der Waals surface area contributed by atoms with Gasteiger partial charge in [-0.15, -0.1) is 11.3 Å². The third-order valence-corrected chi connectivity index (χ3v) is 6.33. The van der Waals surface area contributed by atoms with E-state index in [-0.39, 0.29) is 18.5 Å². The zero-order valence-corrected chi connectivity index (χ0v) is 20.2. The molecule has 0 aliphatic carbocycles.